The van der Waals surface area contributed by atoms with Crippen LogP contribution in [0.3, 0.4) is 0 Å². The monoisotopic (exact) mass is 435 g/mol. The first-order valence-corrected chi connectivity index (χ1v) is 9.75. The van der Waals surface area contributed by atoms with Crippen LogP contribution in [0.15, 0.2) is 52.9 Å². The number of alkyl halides is 3. The first-order chi connectivity index (χ1) is 14.3. The highest BCUT2D eigenvalue weighted by molar-refractivity contribution is 6.30. The third-order valence-electron chi connectivity index (χ3n) is 5.03. The van der Waals surface area contributed by atoms with Crippen molar-refractivity contribution in [2.75, 3.05) is 13.1 Å². The molecule has 2 heterocycles. The Labute approximate surface area is 175 Å². The van der Waals surface area contributed by atoms with Crippen LogP contribution in [-0.2, 0) is 6.18 Å². The number of carbonyl (C=O) groups is 1. The van der Waals surface area contributed by atoms with Gasteiger partial charge in [0.1, 0.15) is 0 Å². The van der Waals surface area contributed by atoms with Gasteiger partial charge in [-0.15, -0.1) is 10.2 Å². The van der Waals surface area contributed by atoms with Crippen LogP contribution in [-0.4, -0.2) is 34.1 Å². The van der Waals surface area contributed by atoms with E-state index in [4.69, 9.17) is 16.0 Å². The molecule has 5 nitrogen and oxygen atoms in total. The Bertz CT molecular complexity index is 1050. The van der Waals surface area contributed by atoms with Gasteiger partial charge in [-0.1, -0.05) is 17.7 Å². The minimum atomic E-state index is -4.40. The van der Waals surface area contributed by atoms with E-state index in [1.165, 1.54) is 12.1 Å². The number of aromatic nitrogens is 2. The fourth-order valence-corrected chi connectivity index (χ4v) is 3.68. The molecule has 1 atom stereocenters. The standard InChI is InChI=1S/C21H17ClF3N3O2/c22-17-5-1-3-14(11-17)20(29)28-10-2-4-15(12-28)19-27-26-18(30-19)13-6-8-16(9-7-13)21(23,24)25/h1,3,5-9,11,15H,2,4,10,12H2. The zero-order chi connectivity index (χ0) is 21.3. The van der Waals surface area contributed by atoms with Crippen molar-refractivity contribution >= 4 is 17.5 Å². The molecular formula is C21H17ClF3N3O2. The topological polar surface area (TPSA) is 59.2 Å². The van der Waals surface area contributed by atoms with E-state index in [1.54, 1.807) is 29.2 Å². The Morgan fingerprint density at radius 1 is 1.13 bits per heavy atom. The minimum absolute atomic E-state index is 0.121. The van der Waals surface area contributed by atoms with Crippen LogP contribution in [0.5, 0.6) is 0 Å². The largest absolute Gasteiger partial charge is 0.420 e. The number of nitrogens with zero attached hydrogens (tertiary/aromatic N) is 3. The van der Waals surface area contributed by atoms with Crippen LogP contribution < -0.4 is 0 Å². The number of benzene rings is 2. The lowest BCUT2D eigenvalue weighted by atomic mass is 9.97. The van der Waals surface area contributed by atoms with Crippen LogP contribution >= 0.6 is 11.6 Å². The maximum atomic E-state index is 12.8. The molecule has 30 heavy (non-hydrogen) atoms. The summed E-state index contributed by atoms with van der Waals surface area (Å²) in [5, 5.41) is 8.54. The number of halogens is 4. The average molecular weight is 436 g/mol. The van der Waals surface area contributed by atoms with Crippen molar-refractivity contribution in [3.8, 4) is 11.5 Å². The molecule has 0 saturated carbocycles. The maximum absolute atomic E-state index is 12.8. The first kappa shape index (κ1) is 20.4. The Balaban J connectivity index is 1.48. The second-order valence-electron chi connectivity index (χ2n) is 7.12. The molecule has 0 radical (unpaired) electrons. The van der Waals surface area contributed by atoms with Crippen LogP contribution in [0.1, 0.15) is 40.6 Å². The third-order valence-corrected chi connectivity index (χ3v) is 5.26. The molecular weight excluding hydrogens is 419 g/mol. The van der Waals surface area contributed by atoms with E-state index in [0.29, 0.717) is 35.1 Å². The van der Waals surface area contributed by atoms with E-state index in [2.05, 4.69) is 10.2 Å². The van der Waals surface area contributed by atoms with Gasteiger partial charge in [0.2, 0.25) is 11.8 Å². The highest BCUT2D eigenvalue weighted by Gasteiger charge is 2.31. The van der Waals surface area contributed by atoms with Gasteiger partial charge in [-0.2, -0.15) is 13.2 Å². The summed E-state index contributed by atoms with van der Waals surface area (Å²) in [5.74, 6) is 0.257. The van der Waals surface area contributed by atoms with Gasteiger partial charge < -0.3 is 9.32 Å². The fourth-order valence-electron chi connectivity index (χ4n) is 3.49. The van der Waals surface area contributed by atoms with Crippen LogP contribution in [0, 0.1) is 0 Å². The van der Waals surface area contributed by atoms with E-state index in [0.717, 1.165) is 25.0 Å². The van der Waals surface area contributed by atoms with Crippen LogP contribution in [0.2, 0.25) is 5.02 Å². The van der Waals surface area contributed by atoms with Gasteiger partial charge >= 0.3 is 6.18 Å². The zero-order valence-corrected chi connectivity index (χ0v) is 16.5. The highest BCUT2D eigenvalue weighted by atomic mass is 35.5. The number of piperidine rings is 1. The second-order valence-corrected chi connectivity index (χ2v) is 7.56. The predicted molar refractivity (Wildman–Crippen MR) is 104 cm³/mol. The molecule has 9 heteroatoms. The molecule has 156 valence electrons. The van der Waals surface area contributed by atoms with E-state index in [-0.39, 0.29) is 17.7 Å². The van der Waals surface area contributed by atoms with Gasteiger partial charge in [0.05, 0.1) is 11.5 Å². The summed E-state index contributed by atoms with van der Waals surface area (Å²) in [4.78, 5) is 14.5. The molecule has 1 aliphatic rings. The fraction of sp³-hybridized carbons (Fsp3) is 0.286. The lowest BCUT2D eigenvalue weighted by Gasteiger charge is -2.31. The molecule has 0 aliphatic carbocycles. The van der Waals surface area contributed by atoms with Gasteiger partial charge in [-0.05, 0) is 55.3 Å². The lowest BCUT2D eigenvalue weighted by Crippen LogP contribution is -2.39. The van der Waals surface area contributed by atoms with E-state index < -0.39 is 11.7 Å². The van der Waals surface area contributed by atoms with Crippen molar-refractivity contribution in [3.63, 3.8) is 0 Å². The molecule has 2 aromatic carbocycles. The predicted octanol–water partition coefficient (Wildman–Crippen LogP) is 5.43. The van der Waals surface area contributed by atoms with E-state index >= 15 is 0 Å². The van der Waals surface area contributed by atoms with Crippen LogP contribution in [0.25, 0.3) is 11.5 Å². The molecule has 1 amide bonds. The molecule has 0 spiro atoms. The van der Waals surface area contributed by atoms with Gasteiger partial charge in [0.15, 0.2) is 0 Å². The van der Waals surface area contributed by atoms with E-state index in [9.17, 15) is 18.0 Å². The summed E-state index contributed by atoms with van der Waals surface area (Å²) in [5.41, 5.74) is 0.178. The molecule has 1 fully saturated rings. The van der Waals surface area contributed by atoms with Crippen molar-refractivity contribution < 1.29 is 22.4 Å². The van der Waals surface area contributed by atoms with Crippen molar-refractivity contribution in [1.82, 2.24) is 15.1 Å². The Hall–Kier alpha value is -2.87. The Kier molecular flexibility index (Phi) is 5.51. The van der Waals surface area contributed by atoms with Gasteiger partial charge in [-0.3, -0.25) is 4.79 Å². The van der Waals surface area contributed by atoms with E-state index in [1.807, 2.05) is 0 Å². The van der Waals surface area contributed by atoms with Gasteiger partial charge in [0.25, 0.3) is 5.91 Å². The molecule has 1 saturated heterocycles. The molecule has 1 aliphatic heterocycles. The number of amides is 1. The molecule has 1 unspecified atom stereocenters. The van der Waals surface area contributed by atoms with Crippen molar-refractivity contribution in [2.24, 2.45) is 0 Å². The quantitative estimate of drug-likeness (QED) is 0.550. The van der Waals surface area contributed by atoms with Crippen molar-refractivity contribution in [1.29, 1.82) is 0 Å². The molecule has 1 aromatic heterocycles. The Morgan fingerprint density at radius 2 is 1.90 bits per heavy atom. The van der Waals surface area contributed by atoms with Crippen molar-refractivity contribution in [3.05, 3.63) is 70.6 Å². The number of likely N-dealkylation sites (tertiary alicyclic amines) is 1. The molecule has 4 rings (SSSR count). The van der Waals surface area contributed by atoms with Crippen molar-refractivity contribution in [2.45, 2.75) is 24.9 Å². The van der Waals surface area contributed by atoms with Crippen LogP contribution in [0.4, 0.5) is 13.2 Å². The second kappa shape index (κ2) is 8.10. The Morgan fingerprint density at radius 3 is 2.60 bits per heavy atom. The lowest BCUT2D eigenvalue weighted by molar-refractivity contribution is -0.137. The van der Waals surface area contributed by atoms with Gasteiger partial charge in [-0.25, -0.2) is 0 Å². The minimum Gasteiger partial charge on any atom is -0.420 e. The average Bonchev–Trinajstić information content (AvgIpc) is 3.23. The smallest absolute Gasteiger partial charge is 0.416 e. The van der Waals surface area contributed by atoms with Gasteiger partial charge in [0, 0.05) is 29.2 Å². The number of rotatable bonds is 3. The summed E-state index contributed by atoms with van der Waals surface area (Å²) in [6.45, 7) is 1.03. The molecule has 0 bridgehead atoms. The molecule has 3 aromatic rings. The summed E-state index contributed by atoms with van der Waals surface area (Å²) >= 11 is 5.98. The third kappa shape index (κ3) is 4.33. The summed E-state index contributed by atoms with van der Waals surface area (Å²) in [6, 6.07) is 11.3. The maximum Gasteiger partial charge on any atom is 0.416 e. The first-order valence-electron chi connectivity index (χ1n) is 9.37. The summed E-state index contributed by atoms with van der Waals surface area (Å²) in [7, 11) is 0. The molecule has 0 N–H and O–H groups in total. The SMILES string of the molecule is O=C(c1cccc(Cl)c1)N1CCCC(c2nnc(-c3ccc(C(F)(F)F)cc3)o2)C1. The number of hydrogen-bond donors (Lipinski definition) is 0. The highest BCUT2D eigenvalue weighted by Crippen LogP contribution is 2.32. The number of hydrogen-bond acceptors (Lipinski definition) is 4. The summed E-state index contributed by atoms with van der Waals surface area (Å²) in [6.07, 6.45) is -2.86. The normalized spacial score (nSPS) is 17.2. The number of carbonyl (C=O) groups excluding carboxylic acids is 1. The zero-order valence-electron chi connectivity index (χ0n) is 15.7. The summed E-state index contributed by atoms with van der Waals surface area (Å²) < 4.78 is 43.9.